The van der Waals surface area contributed by atoms with Crippen molar-refractivity contribution in [3.05, 3.63) is 0 Å². The van der Waals surface area contributed by atoms with Crippen LogP contribution in [0.15, 0.2) is 0 Å². The van der Waals surface area contributed by atoms with Gasteiger partial charge in [0.2, 0.25) is 0 Å². The summed E-state index contributed by atoms with van der Waals surface area (Å²) in [5.74, 6) is -0.479. The van der Waals surface area contributed by atoms with E-state index in [-0.39, 0.29) is 11.4 Å². The smallest absolute Gasteiger partial charge is 0.167 e. The fraction of sp³-hybridized carbons (Fsp3) is 1.00. The molecule has 5 nitrogen and oxygen atoms in total. The molecular formula is C11H21NO4S. The van der Waals surface area contributed by atoms with Crippen molar-refractivity contribution in [1.29, 1.82) is 0 Å². The third-order valence-corrected chi connectivity index (χ3v) is 5.84. The zero-order valence-corrected chi connectivity index (χ0v) is 11.0. The first-order chi connectivity index (χ1) is 7.95. The lowest BCUT2D eigenvalue weighted by Crippen LogP contribution is -2.38. The zero-order valence-electron chi connectivity index (χ0n) is 10.2. The molecule has 0 radical (unpaired) electrons. The average molecular weight is 263 g/mol. The van der Waals surface area contributed by atoms with Crippen LogP contribution in [-0.2, 0) is 19.3 Å². The Kier molecular flexibility index (Phi) is 3.77. The molecule has 0 bridgehead atoms. The summed E-state index contributed by atoms with van der Waals surface area (Å²) < 4.78 is 35.1. The van der Waals surface area contributed by atoms with Gasteiger partial charge in [0.05, 0.1) is 23.7 Å². The van der Waals surface area contributed by atoms with Gasteiger partial charge < -0.3 is 15.2 Å². The molecule has 0 spiro atoms. The van der Waals surface area contributed by atoms with Gasteiger partial charge in [-0.15, -0.1) is 0 Å². The van der Waals surface area contributed by atoms with Gasteiger partial charge in [0, 0.05) is 13.0 Å². The summed E-state index contributed by atoms with van der Waals surface area (Å²) in [7, 11) is -2.96. The van der Waals surface area contributed by atoms with Gasteiger partial charge in [-0.05, 0) is 19.8 Å². The van der Waals surface area contributed by atoms with E-state index in [9.17, 15) is 8.42 Å². The molecule has 2 N–H and O–H groups in total. The van der Waals surface area contributed by atoms with Gasteiger partial charge in [-0.3, -0.25) is 0 Å². The molecule has 0 aliphatic carbocycles. The molecule has 0 aromatic carbocycles. The minimum absolute atomic E-state index is 0.105. The number of rotatable bonds is 3. The fourth-order valence-corrected chi connectivity index (χ4v) is 4.60. The van der Waals surface area contributed by atoms with Crippen molar-refractivity contribution in [3.63, 3.8) is 0 Å². The molecule has 0 saturated carbocycles. The van der Waals surface area contributed by atoms with Crippen LogP contribution in [0.25, 0.3) is 0 Å². The molecule has 2 saturated heterocycles. The van der Waals surface area contributed by atoms with Crippen LogP contribution < -0.4 is 5.73 Å². The third kappa shape index (κ3) is 2.99. The number of hydrogen-bond acceptors (Lipinski definition) is 5. The molecule has 0 amide bonds. The van der Waals surface area contributed by atoms with E-state index in [4.69, 9.17) is 15.2 Å². The average Bonchev–Trinajstić information content (AvgIpc) is 2.64. The summed E-state index contributed by atoms with van der Waals surface area (Å²) in [6.07, 6.45) is 2.79. The minimum Gasteiger partial charge on any atom is -0.347 e. The lowest BCUT2D eigenvalue weighted by Gasteiger charge is -2.30. The molecule has 0 aromatic rings. The van der Waals surface area contributed by atoms with Crippen LogP contribution in [0.1, 0.15) is 32.6 Å². The van der Waals surface area contributed by atoms with Crippen LogP contribution in [-0.4, -0.2) is 44.5 Å². The fourth-order valence-electron chi connectivity index (χ4n) is 2.58. The van der Waals surface area contributed by atoms with Crippen molar-refractivity contribution in [2.45, 2.75) is 49.7 Å². The quantitative estimate of drug-likeness (QED) is 0.799. The second-order valence-corrected chi connectivity index (χ2v) is 7.51. The summed E-state index contributed by atoms with van der Waals surface area (Å²) in [5.41, 5.74) is 5.52. The lowest BCUT2D eigenvalue weighted by atomic mass is 10.1. The summed E-state index contributed by atoms with van der Waals surface area (Å²) in [5, 5.41) is -0.322. The van der Waals surface area contributed by atoms with Gasteiger partial charge in [-0.2, -0.15) is 0 Å². The Morgan fingerprint density at radius 1 is 1.41 bits per heavy atom. The van der Waals surface area contributed by atoms with Crippen LogP contribution in [0.2, 0.25) is 0 Å². The van der Waals surface area contributed by atoms with E-state index in [0.717, 1.165) is 19.3 Å². The van der Waals surface area contributed by atoms with E-state index in [0.29, 0.717) is 25.3 Å². The number of ether oxygens (including phenoxy) is 2. The Morgan fingerprint density at radius 2 is 2.18 bits per heavy atom. The van der Waals surface area contributed by atoms with E-state index in [1.165, 1.54) is 0 Å². The number of sulfone groups is 1. The predicted octanol–water partition coefficient (Wildman–Crippen LogP) is 0.434. The minimum atomic E-state index is -2.96. The molecule has 2 aliphatic heterocycles. The number of nitrogens with two attached hydrogens (primary N) is 1. The van der Waals surface area contributed by atoms with Crippen LogP contribution in [0.4, 0.5) is 0 Å². The van der Waals surface area contributed by atoms with Crippen molar-refractivity contribution < 1.29 is 17.9 Å². The summed E-state index contributed by atoms with van der Waals surface area (Å²) in [6.45, 7) is 2.68. The van der Waals surface area contributed by atoms with Crippen LogP contribution in [0.5, 0.6) is 0 Å². The predicted molar refractivity (Wildman–Crippen MR) is 64.3 cm³/mol. The van der Waals surface area contributed by atoms with Crippen LogP contribution in [0, 0.1) is 0 Å². The van der Waals surface area contributed by atoms with Gasteiger partial charge in [-0.1, -0.05) is 6.42 Å². The first-order valence-electron chi connectivity index (χ1n) is 6.19. The maximum Gasteiger partial charge on any atom is 0.167 e. The van der Waals surface area contributed by atoms with E-state index in [2.05, 4.69) is 0 Å². The summed E-state index contributed by atoms with van der Waals surface area (Å²) in [6, 6.07) is 0. The second kappa shape index (κ2) is 4.84. The highest BCUT2D eigenvalue weighted by Crippen LogP contribution is 2.33. The van der Waals surface area contributed by atoms with Crippen molar-refractivity contribution in [2.75, 3.05) is 18.9 Å². The topological polar surface area (TPSA) is 78.6 Å². The third-order valence-electron chi connectivity index (χ3n) is 3.56. The van der Waals surface area contributed by atoms with Crippen molar-refractivity contribution in [3.8, 4) is 0 Å². The zero-order chi connectivity index (χ0) is 12.5. The molecule has 2 aliphatic rings. The van der Waals surface area contributed by atoms with Crippen molar-refractivity contribution in [2.24, 2.45) is 5.73 Å². The summed E-state index contributed by atoms with van der Waals surface area (Å²) >= 11 is 0. The Labute approximate surface area is 103 Å². The molecule has 2 heterocycles. The molecule has 6 heteroatoms. The molecule has 3 atom stereocenters. The Morgan fingerprint density at radius 3 is 2.76 bits per heavy atom. The maximum atomic E-state index is 11.9. The van der Waals surface area contributed by atoms with E-state index in [1.807, 2.05) is 6.92 Å². The largest absolute Gasteiger partial charge is 0.347 e. The summed E-state index contributed by atoms with van der Waals surface area (Å²) in [4.78, 5) is 0. The number of hydrogen-bond donors (Lipinski definition) is 1. The SMILES string of the molecule is CC1(CC2CCCCS2(=O)=O)OCC(CN)O1. The van der Waals surface area contributed by atoms with Gasteiger partial charge >= 0.3 is 0 Å². The highest BCUT2D eigenvalue weighted by molar-refractivity contribution is 7.92. The highest BCUT2D eigenvalue weighted by atomic mass is 32.2. The monoisotopic (exact) mass is 263 g/mol. The normalized spacial score (nSPS) is 41.5. The molecule has 0 aromatic heterocycles. The van der Waals surface area contributed by atoms with E-state index >= 15 is 0 Å². The second-order valence-electron chi connectivity index (χ2n) is 5.11. The highest BCUT2D eigenvalue weighted by Gasteiger charge is 2.42. The molecule has 2 rings (SSSR count). The molecule has 2 fully saturated rings. The van der Waals surface area contributed by atoms with Crippen molar-refractivity contribution in [1.82, 2.24) is 0 Å². The first-order valence-corrected chi connectivity index (χ1v) is 7.90. The molecule has 17 heavy (non-hydrogen) atoms. The van der Waals surface area contributed by atoms with Gasteiger partial charge in [-0.25, -0.2) is 8.42 Å². The van der Waals surface area contributed by atoms with Crippen molar-refractivity contribution >= 4 is 9.84 Å². The molecule has 100 valence electrons. The van der Waals surface area contributed by atoms with Crippen LogP contribution >= 0.6 is 0 Å². The van der Waals surface area contributed by atoms with Gasteiger partial charge in [0.1, 0.15) is 0 Å². The lowest BCUT2D eigenvalue weighted by molar-refractivity contribution is -0.157. The maximum absolute atomic E-state index is 11.9. The Hall–Kier alpha value is -0.170. The Balaban J connectivity index is 2.00. The molecule has 3 unspecified atom stereocenters. The van der Waals surface area contributed by atoms with Gasteiger partial charge in [0.15, 0.2) is 15.6 Å². The first kappa shape index (κ1) is 13.3. The van der Waals surface area contributed by atoms with E-state index < -0.39 is 15.6 Å². The van der Waals surface area contributed by atoms with Crippen LogP contribution in [0.3, 0.4) is 0 Å². The molecular weight excluding hydrogens is 242 g/mol. The standard InChI is InChI=1S/C11H21NO4S/c1-11(15-8-9(7-12)16-11)6-10-4-2-3-5-17(10,13)14/h9-10H,2-8,12H2,1H3. The van der Waals surface area contributed by atoms with E-state index in [1.54, 1.807) is 0 Å². The Bertz CT molecular complexity index is 370. The van der Waals surface area contributed by atoms with Gasteiger partial charge in [0.25, 0.3) is 0 Å².